The minimum atomic E-state index is 0.294. The van der Waals surface area contributed by atoms with Crippen LogP contribution in [0.1, 0.15) is 11.3 Å². The third-order valence-electron chi connectivity index (χ3n) is 4.80. The monoisotopic (exact) mass is 378 g/mol. The molecule has 0 amide bonds. The summed E-state index contributed by atoms with van der Waals surface area (Å²) >= 11 is 0. The molecule has 2 aromatic heterocycles. The quantitative estimate of drug-likeness (QED) is 0.651. The minimum Gasteiger partial charge on any atom is -0.492 e. The number of hydrogen-bond donors (Lipinski definition) is 0. The highest BCUT2D eigenvalue weighted by atomic mass is 16.5. The molecule has 0 radical (unpaired) electrons. The molecule has 0 spiro atoms. The number of hydrogen-bond acceptors (Lipinski definition) is 7. The second-order valence-electron chi connectivity index (χ2n) is 6.75. The molecule has 0 aliphatic carbocycles. The van der Waals surface area contributed by atoms with E-state index in [1.54, 1.807) is 18.4 Å². The zero-order valence-electron chi connectivity index (χ0n) is 15.8. The Labute approximate surface area is 163 Å². The summed E-state index contributed by atoms with van der Waals surface area (Å²) in [7, 11) is 0. The summed E-state index contributed by atoms with van der Waals surface area (Å²) in [5.74, 6) is 2.28. The Hall–Kier alpha value is -3.24. The van der Waals surface area contributed by atoms with Crippen LogP contribution < -0.4 is 9.64 Å². The fourth-order valence-electron chi connectivity index (χ4n) is 3.21. The van der Waals surface area contributed by atoms with Crippen molar-refractivity contribution < 1.29 is 13.6 Å². The Morgan fingerprint density at radius 1 is 1.14 bits per heavy atom. The van der Waals surface area contributed by atoms with Crippen molar-refractivity contribution in [3.63, 3.8) is 0 Å². The van der Waals surface area contributed by atoms with Crippen molar-refractivity contribution in [2.75, 3.05) is 44.2 Å². The van der Waals surface area contributed by atoms with Gasteiger partial charge in [0.05, 0.1) is 6.26 Å². The van der Waals surface area contributed by atoms with Gasteiger partial charge in [0.1, 0.15) is 18.4 Å². The van der Waals surface area contributed by atoms with Gasteiger partial charge in [0.2, 0.25) is 11.6 Å². The molecule has 0 unspecified atom stereocenters. The van der Waals surface area contributed by atoms with Gasteiger partial charge in [-0.1, -0.05) is 17.7 Å². The van der Waals surface area contributed by atoms with Crippen molar-refractivity contribution >= 4 is 5.88 Å². The lowest BCUT2D eigenvalue weighted by molar-refractivity contribution is 0.199. The number of ether oxygens (including phenoxy) is 1. The number of nitrogens with zero attached hydrogens (tertiary/aromatic N) is 4. The predicted molar refractivity (Wildman–Crippen MR) is 104 cm³/mol. The summed E-state index contributed by atoms with van der Waals surface area (Å²) in [5.41, 5.74) is 1.52. The molecule has 144 valence electrons. The van der Waals surface area contributed by atoms with Gasteiger partial charge in [0.25, 0.3) is 5.89 Å². The maximum Gasteiger partial charge on any atom is 0.266 e. The number of aromatic nitrogens is 1. The van der Waals surface area contributed by atoms with Crippen LogP contribution in [-0.4, -0.2) is 49.2 Å². The zero-order chi connectivity index (χ0) is 19.3. The fourth-order valence-corrected chi connectivity index (χ4v) is 3.21. The van der Waals surface area contributed by atoms with Crippen molar-refractivity contribution in [3.8, 4) is 23.5 Å². The molecule has 1 aliphatic rings. The summed E-state index contributed by atoms with van der Waals surface area (Å²) in [4.78, 5) is 8.67. The van der Waals surface area contributed by atoms with E-state index >= 15 is 0 Å². The van der Waals surface area contributed by atoms with E-state index < -0.39 is 0 Å². The van der Waals surface area contributed by atoms with Crippen LogP contribution in [-0.2, 0) is 0 Å². The van der Waals surface area contributed by atoms with Crippen LogP contribution >= 0.6 is 0 Å². The van der Waals surface area contributed by atoms with Crippen molar-refractivity contribution in [2.24, 2.45) is 0 Å². The molecule has 1 fully saturated rings. The van der Waals surface area contributed by atoms with E-state index in [1.807, 2.05) is 12.1 Å². The highest BCUT2D eigenvalue weighted by Gasteiger charge is 2.25. The first-order valence-electron chi connectivity index (χ1n) is 9.34. The van der Waals surface area contributed by atoms with Gasteiger partial charge in [-0.05, 0) is 31.2 Å². The summed E-state index contributed by atoms with van der Waals surface area (Å²) < 4.78 is 17.0. The number of furan rings is 1. The first-order chi connectivity index (χ1) is 13.7. The van der Waals surface area contributed by atoms with Crippen LogP contribution in [0.2, 0.25) is 0 Å². The lowest BCUT2D eigenvalue weighted by atomic mass is 10.2. The first-order valence-corrected chi connectivity index (χ1v) is 9.34. The Kier molecular flexibility index (Phi) is 5.31. The number of rotatable bonds is 6. The van der Waals surface area contributed by atoms with E-state index in [-0.39, 0.29) is 0 Å². The third kappa shape index (κ3) is 4.02. The highest BCUT2D eigenvalue weighted by molar-refractivity contribution is 5.55. The number of anilines is 1. The molecule has 0 N–H and O–H groups in total. The summed E-state index contributed by atoms with van der Waals surface area (Å²) in [5, 5.41) is 9.40. The van der Waals surface area contributed by atoms with E-state index in [0.29, 0.717) is 29.8 Å². The predicted octanol–water partition coefficient (Wildman–Crippen LogP) is 3.32. The molecule has 1 aromatic carbocycles. The number of aryl methyl sites for hydroxylation is 1. The highest BCUT2D eigenvalue weighted by Crippen LogP contribution is 2.29. The van der Waals surface area contributed by atoms with E-state index in [1.165, 1.54) is 5.56 Å². The van der Waals surface area contributed by atoms with Gasteiger partial charge in [-0.2, -0.15) is 10.2 Å². The van der Waals surface area contributed by atoms with E-state index in [2.05, 4.69) is 39.9 Å². The fraction of sp³-hybridized carbons (Fsp3) is 0.333. The normalized spacial score (nSPS) is 14.8. The van der Waals surface area contributed by atoms with Crippen molar-refractivity contribution in [1.82, 2.24) is 9.88 Å². The molecule has 1 aliphatic heterocycles. The molecule has 0 bridgehead atoms. The molecular formula is C21H22N4O3. The molecule has 3 heterocycles. The molecule has 1 saturated heterocycles. The SMILES string of the molecule is Cc1ccc(OCCN2CCN(c3oc(-c4ccco4)nc3C#N)CC2)cc1. The molecule has 7 heteroatoms. The van der Waals surface area contributed by atoms with Crippen molar-refractivity contribution in [1.29, 1.82) is 5.26 Å². The van der Waals surface area contributed by atoms with Crippen LogP contribution in [0.3, 0.4) is 0 Å². The Morgan fingerprint density at radius 3 is 2.61 bits per heavy atom. The molecule has 28 heavy (non-hydrogen) atoms. The van der Waals surface area contributed by atoms with Crippen molar-refractivity contribution in [2.45, 2.75) is 6.92 Å². The van der Waals surface area contributed by atoms with Gasteiger partial charge in [0, 0.05) is 32.7 Å². The molecule has 7 nitrogen and oxygen atoms in total. The molecular weight excluding hydrogens is 356 g/mol. The van der Waals surface area contributed by atoms with Crippen LogP contribution in [0, 0.1) is 18.3 Å². The van der Waals surface area contributed by atoms with Crippen LogP contribution in [0.4, 0.5) is 5.88 Å². The van der Waals surface area contributed by atoms with E-state index in [9.17, 15) is 5.26 Å². The lowest BCUT2D eigenvalue weighted by Gasteiger charge is -2.34. The van der Waals surface area contributed by atoms with Crippen LogP contribution in [0.5, 0.6) is 5.75 Å². The Balaban J connectivity index is 1.30. The van der Waals surface area contributed by atoms with E-state index in [4.69, 9.17) is 13.6 Å². The smallest absolute Gasteiger partial charge is 0.266 e. The topological polar surface area (TPSA) is 78.7 Å². The average molecular weight is 378 g/mol. The standard InChI is InChI=1S/C21H22N4O3/c1-16-4-6-17(7-5-16)26-14-12-24-8-10-25(11-9-24)21-18(15-22)23-20(28-21)19-3-2-13-27-19/h2-7,13H,8-12,14H2,1H3. The maximum atomic E-state index is 9.40. The summed E-state index contributed by atoms with van der Waals surface area (Å²) in [6, 6.07) is 13.8. The summed E-state index contributed by atoms with van der Waals surface area (Å²) in [6.45, 7) is 6.86. The second kappa shape index (κ2) is 8.19. The Morgan fingerprint density at radius 2 is 1.93 bits per heavy atom. The number of oxazole rings is 1. The molecule has 0 atom stereocenters. The van der Waals surface area contributed by atoms with Crippen LogP contribution in [0.25, 0.3) is 11.7 Å². The Bertz CT molecular complexity index is 933. The number of piperazine rings is 1. The molecule has 3 aromatic rings. The van der Waals surface area contributed by atoms with Gasteiger partial charge in [-0.25, -0.2) is 0 Å². The number of nitriles is 1. The molecule has 0 saturated carbocycles. The summed E-state index contributed by atoms with van der Waals surface area (Å²) in [6.07, 6.45) is 1.56. The van der Waals surface area contributed by atoms with Crippen molar-refractivity contribution in [3.05, 3.63) is 53.9 Å². The average Bonchev–Trinajstić information content (AvgIpc) is 3.40. The molecule has 4 rings (SSSR count). The van der Waals surface area contributed by atoms with Gasteiger partial charge >= 0.3 is 0 Å². The maximum absolute atomic E-state index is 9.40. The van der Waals surface area contributed by atoms with Gasteiger partial charge in [0.15, 0.2) is 5.76 Å². The van der Waals surface area contributed by atoms with Crippen LogP contribution in [0.15, 0.2) is 51.5 Å². The lowest BCUT2D eigenvalue weighted by Crippen LogP contribution is -2.47. The zero-order valence-corrected chi connectivity index (χ0v) is 15.8. The minimum absolute atomic E-state index is 0.294. The van der Waals surface area contributed by atoms with Gasteiger partial charge in [-0.3, -0.25) is 4.90 Å². The van der Waals surface area contributed by atoms with Gasteiger partial charge < -0.3 is 18.5 Å². The second-order valence-corrected chi connectivity index (χ2v) is 6.75. The first kappa shape index (κ1) is 18.1. The van der Waals surface area contributed by atoms with E-state index in [0.717, 1.165) is 38.5 Å². The third-order valence-corrected chi connectivity index (χ3v) is 4.80. The number of benzene rings is 1. The largest absolute Gasteiger partial charge is 0.492 e. The van der Waals surface area contributed by atoms with Gasteiger partial charge in [-0.15, -0.1) is 0 Å².